The molecular weight excluding hydrogens is 415 g/mol. The third-order valence-electron chi connectivity index (χ3n) is 3.93. The van der Waals surface area contributed by atoms with Crippen LogP contribution in [0.15, 0.2) is 52.1 Å². The van der Waals surface area contributed by atoms with Crippen LogP contribution in [-0.4, -0.2) is 24.3 Å². The normalized spacial score (nSPS) is 11.9. The molecule has 29 heavy (non-hydrogen) atoms. The van der Waals surface area contributed by atoms with Crippen LogP contribution in [0.5, 0.6) is 11.8 Å². The van der Waals surface area contributed by atoms with Gasteiger partial charge in [0.25, 0.3) is 0 Å². The molecule has 8 nitrogen and oxygen atoms in total. The Kier molecular flexibility index (Phi) is 4.74. The highest BCUT2D eigenvalue weighted by Crippen LogP contribution is 2.29. The molecule has 0 aliphatic heterocycles. The summed E-state index contributed by atoms with van der Waals surface area (Å²) in [7, 11) is 0. The van der Waals surface area contributed by atoms with Crippen LogP contribution in [0.1, 0.15) is 5.69 Å². The van der Waals surface area contributed by atoms with Gasteiger partial charge in [-0.05, 0) is 18.2 Å². The Morgan fingerprint density at radius 2 is 1.90 bits per heavy atom. The zero-order chi connectivity index (χ0) is 20.6. The Labute approximate surface area is 165 Å². The quantitative estimate of drug-likeness (QED) is 0.484. The van der Waals surface area contributed by atoms with Crippen LogP contribution in [0, 0.1) is 0 Å². The molecule has 0 atom stereocenters. The van der Waals surface area contributed by atoms with Crippen LogP contribution in [-0.2, 0) is 19.3 Å². The lowest BCUT2D eigenvalue weighted by Crippen LogP contribution is -2.18. The van der Waals surface area contributed by atoms with Gasteiger partial charge in [0, 0.05) is 12.7 Å². The summed E-state index contributed by atoms with van der Waals surface area (Å²) >= 11 is 5.75. The number of rotatable bonds is 5. The van der Waals surface area contributed by atoms with Crippen molar-refractivity contribution in [2.75, 3.05) is 0 Å². The Hall–Kier alpha value is -3.34. The van der Waals surface area contributed by atoms with E-state index in [4.69, 9.17) is 20.8 Å². The lowest BCUT2D eigenvalue weighted by atomic mass is 10.3. The first-order chi connectivity index (χ1) is 13.8. The first-order valence-electron chi connectivity index (χ1n) is 8.20. The third kappa shape index (κ3) is 3.94. The second-order valence-corrected chi connectivity index (χ2v) is 6.31. The molecule has 0 spiro atoms. The SMILES string of the molecule is O=c1oc2cccc(Oc3ncc(Cl)cn3)c2n1CCn1ccc(C(F)(F)F)n1. The number of fused-ring (bicyclic) bond motifs is 1. The van der Waals surface area contributed by atoms with Crippen molar-refractivity contribution in [3.8, 4) is 11.8 Å². The number of oxazole rings is 1. The number of para-hydroxylation sites is 1. The molecular formula is C17H11ClF3N5O3. The van der Waals surface area contributed by atoms with Crippen molar-refractivity contribution >= 4 is 22.7 Å². The van der Waals surface area contributed by atoms with Gasteiger partial charge in [0.05, 0.1) is 24.0 Å². The number of ether oxygens (including phenoxy) is 1. The fourth-order valence-corrected chi connectivity index (χ4v) is 2.77. The number of aryl methyl sites for hydroxylation is 2. The van der Waals surface area contributed by atoms with Crippen LogP contribution in [0.4, 0.5) is 13.2 Å². The maximum atomic E-state index is 12.7. The highest BCUT2D eigenvalue weighted by Gasteiger charge is 2.33. The molecule has 0 amide bonds. The molecule has 0 bridgehead atoms. The second-order valence-electron chi connectivity index (χ2n) is 5.87. The summed E-state index contributed by atoms with van der Waals surface area (Å²) in [4.78, 5) is 20.1. The lowest BCUT2D eigenvalue weighted by molar-refractivity contribution is -0.141. The third-order valence-corrected chi connectivity index (χ3v) is 4.13. The summed E-state index contributed by atoms with van der Waals surface area (Å²) < 4.78 is 51.2. The van der Waals surface area contributed by atoms with Crippen molar-refractivity contribution in [1.29, 1.82) is 0 Å². The highest BCUT2D eigenvalue weighted by molar-refractivity contribution is 6.30. The van der Waals surface area contributed by atoms with E-state index < -0.39 is 17.6 Å². The largest absolute Gasteiger partial charge is 0.435 e. The molecule has 0 unspecified atom stereocenters. The number of alkyl halides is 3. The molecule has 0 saturated carbocycles. The number of hydrogen-bond donors (Lipinski definition) is 0. The number of nitrogens with zero attached hydrogens (tertiary/aromatic N) is 5. The topological polar surface area (TPSA) is 88.0 Å². The molecule has 3 aromatic heterocycles. The van der Waals surface area contributed by atoms with E-state index in [1.54, 1.807) is 18.2 Å². The summed E-state index contributed by atoms with van der Waals surface area (Å²) in [6.45, 7) is 0.0169. The number of benzene rings is 1. The number of halogens is 4. The Morgan fingerprint density at radius 1 is 1.14 bits per heavy atom. The monoisotopic (exact) mass is 425 g/mol. The number of hydrogen-bond acceptors (Lipinski definition) is 6. The molecule has 3 heterocycles. The average molecular weight is 426 g/mol. The van der Waals surface area contributed by atoms with E-state index in [1.807, 2.05) is 0 Å². The van der Waals surface area contributed by atoms with Crippen LogP contribution >= 0.6 is 11.6 Å². The lowest BCUT2D eigenvalue weighted by Gasteiger charge is -2.08. The standard InChI is InChI=1S/C17H11ClF3N5O3/c18-10-8-22-15(23-9-10)28-11-2-1-3-12-14(11)26(16(27)29-12)7-6-25-5-4-13(24-25)17(19,20)21/h1-5,8-9H,6-7H2. The summed E-state index contributed by atoms with van der Waals surface area (Å²) in [6.07, 6.45) is -0.649. The Bertz CT molecular complexity index is 1210. The smallest absolute Gasteiger partial charge is 0.422 e. The zero-order valence-electron chi connectivity index (χ0n) is 14.4. The average Bonchev–Trinajstić information content (AvgIpc) is 3.26. The first-order valence-corrected chi connectivity index (χ1v) is 8.57. The van der Waals surface area contributed by atoms with Gasteiger partial charge < -0.3 is 9.15 Å². The maximum absolute atomic E-state index is 12.7. The van der Waals surface area contributed by atoms with E-state index in [0.717, 1.165) is 10.7 Å². The van der Waals surface area contributed by atoms with Crippen molar-refractivity contribution in [1.82, 2.24) is 24.3 Å². The first kappa shape index (κ1) is 19.0. The predicted molar refractivity (Wildman–Crippen MR) is 94.8 cm³/mol. The van der Waals surface area contributed by atoms with Crippen LogP contribution in [0.3, 0.4) is 0 Å². The van der Waals surface area contributed by atoms with E-state index in [2.05, 4.69) is 15.1 Å². The Morgan fingerprint density at radius 3 is 2.59 bits per heavy atom. The van der Waals surface area contributed by atoms with Gasteiger partial charge in [-0.3, -0.25) is 9.25 Å². The molecule has 1 aromatic carbocycles. The van der Waals surface area contributed by atoms with E-state index in [1.165, 1.54) is 23.2 Å². The van der Waals surface area contributed by atoms with E-state index in [-0.39, 0.29) is 30.4 Å². The van der Waals surface area contributed by atoms with Gasteiger partial charge in [-0.2, -0.15) is 18.3 Å². The summed E-state index contributed by atoms with van der Waals surface area (Å²) in [5.74, 6) is -0.441. The van der Waals surface area contributed by atoms with Gasteiger partial charge in [0.1, 0.15) is 5.52 Å². The van der Waals surface area contributed by atoms with Crippen molar-refractivity contribution in [3.63, 3.8) is 0 Å². The summed E-state index contributed by atoms with van der Waals surface area (Å²) in [5.41, 5.74) is -0.442. The van der Waals surface area contributed by atoms with Crippen molar-refractivity contribution in [2.24, 2.45) is 0 Å². The van der Waals surface area contributed by atoms with Gasteiger partial charge in [-0.25, -0.2) is 14.8 Å². The Balaban J connectivity index is 1.64. The van der Waals surface area contributed by atoms with Crippen LogP contribution in [0.2, 0.25) is 5.02 Å². The van der Waals surface area contributed by atoms with Crippen molar-refractivity contribution in [2.45, 2.75) is 19.3 Å². The van der Waals surface area contributed by atoms with Gasteiger partial charge in [-0.15, -0.1) is 0 Å². The molecule has 0 N–H and O–H groups in total. The molecule has 0 saturated heterocycles. The predicted octanol–water partition coefficient (Wildman–Crippen LogP) is 3.75. The molecule has 0 fully saturated rings. The zero-order valence-corrected chi connectivity index (χ0v) is 15.2. The minimum Gasteiger partial charge on any atom is -0.422 e. The van der Waals surface area contributed by atoms with Crippen molar-refractivity contribution in [3.05, 3.63) is 64.1 Å². The molecule has 150 valence electrons. The molecule has 0 radical (unpaired) electrons. The fourth-order valence-electron chi connectivity index (χ4n) is 2.67. The molecule has 12 heteroatoms. The maximum Gasteiger partial charge on any atom is 0.435 e. The van der Waals surface area contributed by atoms with Crippen LogP contribution in [0.25, 0.3) is 11.1 Å². The minimum atomic E-state index is -4.54. The van der Waals surface area contributed by atoms with E-state index in [0.29, 0.717) is 10.5 Å². The molecule has 4 aromatic rings. The van der Waals surface area contributed by atoms with E-state index >= 15 is 0 Å². The second kappa shape index (κ2) is 7.24. The molecule has 0 aliphatic rings. The van der Waals surface area contributed by atoms with E-state index in [9.17, 15) is 18.0 Å². The van der Waals surface area contributed by atoms with Gasteiger partial charge >= 0.3 is 17.9 Å². The van der Waals surface area contributed by atoms with Gasteiger partial charge in [0.15, 0.2) is 17.0 Å². The highest BCUT2D eigenvalue weighted by atomic mass is 35.5. The molecule has 4 rings (SSSR count). The van der Waals surface area contributed by atoms with Crippen LogP contribution < -0.4 is 10.5 Å². The van der Waals surface area contributed by atoms with Gasteiger partial charge in [0.2, 0.25) is 0 Å². The van der Waals surface area contributed by atoms with Gasteiger partial charge in [-0.1, -0.05) is 17.7 Å². The summed E-state index contributed by atoms with van der Waals surface area (Å²) in [6, 6.07) is 5.64. The number of aromatic nitrogens is 5. The summed E-state index contributed by atoms with van der Waals surface area (Å²) in [5, 5.41) is 3.80. The van der Waals surface area contributed by atoms with Crippen molar-refractivity contribution < 1.29 is 22.3 Å². The minimum absolute atomic E-state index is 0.00370. The molecule has 0 aliphatic carbocycles. The fraction of sp³-hybridized carbons (Fsp3) is 0.176.